The molecule has 0 aromatic carbocycles. The molecule has 0 fully saturated rings. The summed E-state index contributed by atoms with van der Waals surface area (Å²) in [6.07, 6.45) is 1.87. The van der Waals surface area contributed by atoms with Crippen molar-refractivity contribution in [2.24, 2.45) is 0 Å². The second-order valence-corrected chi connectivity index (χ2v) is 6.22. The summed E-state index contributed by atoms with van der Waals surface area (Å²) in [5.74, 6) is -1.03. The van der Waals surface area contributed by atoms with Gasteiger partial charge in [0, 0.05) is 33.8 Å². The molecule has 0 aliphatic rings. The SMILES string of the molecule is CN(CCCCCO)S(=O)(=O)N(C)CCC(=O)O. The molecule has 0 atom stereocenters. The molecule has 7 nitrogen and oxygen atoms in total. The number of nitrogens with zero attached hydrogens (tertiary/aromatic N) is 2. The molecule has 0 unspecified atom stereocenters. The lowest BCUT2D eigenvalue weighted by Crippen LogP contribution is -2.40. The molecule has 8 heteroatoms. The summed E-state index contributed by atoms with van der Waals surface area (Å²) in [6.45, 7) is 0.424. The van der Waals surface area contributed by atoms with E-state index in [4.69, 9.17) is 10.2 Å². The second kappa shape index (κ2) is 8.41. The molecule has 0 saturated heterocycles. The number of carbonyl (C=O) groups is 1. The minimum Gasteiger partial charge on any atom is -0.481 e. The van der Waals surface area contributed by atoms with Crippen LogP contribution in [0.15, 0.2) is 0 Å². The van der Waals surface area contributed by atoms with E-state index in [0.29, 0.717) is 19.4 Å². The molecule has 108 valence electrons. The molecule has 0 aromatic heterocycles. The second-order valence-electron chi connectivity index (χ2n) is 4.08. The number of rotatable bonds is 10. The van der Waals surface area contributed by atoms with Gasteiger partial charge in [-0.05, 0) is 19.3 Å². The van der Waals surface area contributed by atoms with Gasteiger partial charge in [-0.25, -0.2) is 0 Å². The molecule has 0 aliphatic carbocycles. The zero-order valence-corrected chi connectivity index (χ0v) is 11.7. The van der Waals surface area contributed by atoms with Crippen LogP contribution in [0.4, 0.5) is 0 Å². The van der Waals surface area contributed by atoms with Gasteiger partial charge in [-0.1, -0.05) is 0 Å². The molecule has 0 rings (SSSR count). The van der Waals surface area contributed by atoms with E-state index in [-0.39, 0.29) is 19.6 Å². The topological polar surface area (TPSA) is 98.2 Å². The summed E-state index contributed by atoms with van der Waals surface area (Å²) in [4.78, 5) is 10.4. The van der Waals surface area contributed by atoms with Crippen LogP contribution in [0, 0.1) is 0 Å². The normalized spacial score (nSPS) is 12.3. The highest BCUT2D eigenvalue weighted by Crippen LogP contribution is 2.07. The maximum atomic E-state index is 11.9. The van der Waals surface area contributed by atoms with Crippen molar-refractivity contribution in [3.05, 3.63) is 0 Å². The molecule has 0 radical (unpaired) electrons. The van der Waals surface area contributed by atoms with E-state index in [1.54, 1.807) is 0 Å². The van der Waals surface area contributed by atoms with E-state index in [2.05, 4.69) is 0 Å². The number of aliphatic hydroxyl groups excluding tert-OH is 1. The fourth-order valence-electron chi connectivity index (χ4n) is 1.34. The molecule has 2 N–H and O–H groups in total. The van der Waals surface area contributed by atoms with Crippen LogP contribution in [-0.2, 0) is 15.0 Å². The highest BCUT2D eigenvalue weighted by atomic mass is 32.2. The Morgan fingerprint density at radius 2 is 1.61 bits per heavy atom. The first kappa shape index (κ1) is 17.3. The van der Waals surface area contributed by atoms with Gasteiger partial charge in [0.1, 0.15) is 0 Å². The summed E-state index contributed by atoms with van der Waals surface area (Å²) in [7, 11) is -0.754. The van der Waals surface area contributed by atoms with Crippen molar-refractivity contribution in [1.29, 1.82) is 0 Å². The number of aliphatic carboxylic acids is 1. The Bertz CT molecular complexity index is 344. The third-order valence-corrected chi connectivity index (χ3v) is 4.50. The summed E-state index contributed by atoms with van der Waals surface area (Å²) in [6, 6.07) is 0. The monoisotopic (exact) mass is 282 g/mol. The summed E-state index contributed by atoms with van der Waals surface area (Å²) in [5, 5.41) is 17.1. The van der Waals surface area contributed by atoms with Crippen LogP contribution >= 0.6 is 0 Å². The van der Waals surface area contributed by atoms with Crippen molar-refractivity contribution >= 4 is 16.2 Å². The standard InChI is InChI=1S/C10H22N2O5S/c1-11(7-4-3-5-9-13)18(16,17)12(2)8-6-10(14)15/h13H,3-9H2,1-2H3,(H,14,15). The minimum absolute atomic E-state index is 0.0430. The molecule has 0 saturated carbocycles. The van der Waals surface area contributed by atoms with Crippen molar-refractivity contribution in [2.45, 2.75) is 25.7 Å². The fraction of sp³-hybridized carbons (Fsp3) is 0.900. The predicted molar refractivity (Wildman–Crippen MR) is 67.4 cm³/mol. The van der Waals surface area contributed by atoms with Crippen molar-refractivity contribution < 1.29 is 23.4 Å². The van der Waals surface area contributed by atoms with Crippen molar-refractivity contribution in [1.82, 2.24) is 8.61 Å². The summed E-state index contributed by atoms with van der Waals surface area (Å²) in [5.41, 5.74) is 0. The highest BCUT2D eigenvalue weighted by Gasteiger charge is 2.23. The zero-order valence-electron chi connectivity index (χ0n) is 10.9. The van der Waals surface area contributed by atoms with E-state index in [1.807, 2.05) is 0 Å². The number of carboxylic acid groups (broad SMARTS) is 1. The third-order valence-electron chi connectivity index (χ3n) is 2.56. The molecule has 0 spiro atoms. The molecule has 0 heterocycles. The third kappa shape index (κ3) is 6.29. The van der Waals surface area contributed by atoms with E-state index in [1.165, 1.54) is 18.4 Å². The van der Waals surface area contributed by atoms with Crippen LogP contribution in [0.2, 0.25) is 0 Å². The molecule has 0 aromatic rings. The molecule has 0 bridgehead atoms. The number of unbranched alkanes of at least 4 members (excludes halogenated alkanes) is 2. The Labute approximate surface area is 108 Å². The van der Waals surface area contributed by atoms with Gasteiger partial charge in [-0.3, -0.25) is 4.79 Å². The van der Waals surface area contributed by atoms with Gasteiger partial charge in [0.15, 0.2) is 0 Å². The first-order valence-corrected chi connectivity index (χ1v) is 7.22. The smallest absolute Gasteiger partial charge is 0.304 e. The summed E-state index contributed by atoms with van der Waals surface area (Å²) >= 11 is 0. The van der Waals surface area contributed by atoms with E-state index in [9.17, 15) is 13.2 Å². The Morgan fingerprint density at radius 3 is 2.11 bits per heavy atom. The maximum Gasteiger partial charge on any atom is 0.304 e. The predicted octanol–water partition coefficient (Wildman–Crippen LogP) is -0.268. The van der Waals surface area contributed by atoms with Crippen LogP contribution in [0.3, 0.4) is 0 Å². The first-order chi connectivity index (χ1) is 8.32. The van der Waals surface area contributed by atoms with E-state index >= 15 is 0 Å². The van der Waals surface area contributed by atoms with E-state index < -0.39 is 16.2 Å². The van der Waals surface area contributed by atoms with Crippen LogP contribution < -0.4 is 0 Å². The Balaban J connectivity index is 4.20. The van der Waals surface area contributed by atoms with E-state index in [0.717, 1.165) is 10.7 Å². The number of hydrogen-bond acceptors (Lipinski definition) is 4. The van der Waals surface area contributed by atoms with Crippen LogP contribution in [0.1, 0.15) is 25.7 Å². The van der Waals surface area contributed by atoms with Gasteiger partial charge in [-0.15, -0.1) is 0 Å². The molecule has 0 aliphatic heterocycles. The number of aliphatic hydroxyl groups is 1. The Kier molecular flexibility index (Phi) is 8.08. The van der Waals surface area contributed by atoms with Gasteiger partial charge in [0.05, 0.1) is 6.42 Å². The van der Waals surface area contributed by atoms with Gasteiger partial charge in [-0.2, -0.15) is 17.0 Å². The maximum absolute atomic E-state index is 11.9. The molecule has 18 heavy (non-hydrogen) atoms. The minimum atomic E-state index is -3.58. The average molecular weight is 282 g/mol. The van der Waals surface area contributed by atoms with Crippen molar-refractivity contribution in [3.63, 3.8) is 0 Å². The van der Waals surface area contributed by atoms with Gasteiger partial charge < -0.3 is 10.2 Å². The Hall–Kier alpha value is -0.700. The average Bonchev–Trinajstić information content (AvgIpc) is 2.30. The Morgan fingerprint density at radius 1 is 1.06 bits per heavy atom. The van der Waals surface area contributed by atoms with Gasteiger partial charge in [0.2, 0.25) is 0 Å². The lowest BCUT2D eigenvalue weighted by atomic mass is 10.2. The molecular weight excluding hydrogens is 260 g/mol. The van der Waals surface area contributed by atoms with Crippen LogP contribution in [-0.4, -0.2) is 67.0 Å². The van der Waals surface area contributed by atoms with Gasteiger partial charge in [0.25, 0.3) is 10.2 Å². The highest BCUT2D eigenvalue weighted by molar-refractivity contribution is 7.86. The fourth-order valence-corrected chi connectivity index (χ4v) is 2.50. The van der Waals surface area contributed by atoms with Gasteiger partial charge >= 0.3 is 5.97 Å². The number of carboxylic acids is 1. The zero-order chi connectivity index (χ0) is 14.2. The van der Waals surface area contributed by atoms with Crippen molar-refractivity contribution in [3.8, 4) is 0 Å². The molecular formula is C10H22N2O5S. The number of hydrogen-bond donors (Lipinski definition) is 2. The first-order valence-electron chi connectivity index (χ1n) is 5.82. The van der Waals surface area contributed by atoms with Crippen LogP contribution in [0.5, 0.6) is 0 Å². The lowest BCUT2D eigenvalue weighted by Gasteiger charge is -2.23. The van der Waals surface area contributed by atoms with Crippen LogP contribution in [0.25, 0.3) is 0 Å². The largest absolute Gasteiger partial charge is 0.481 e. The quantitative estimate of drug-likeness (QED) is 0.538. The van der Waals surface area contributed by atoms with Crippen molar-refractivity contribution in [2.75, 3.05) is 33.8 Å². The summed E-state index contributed by atoms with van der Waals surface area (Å²) < 4.78 is 26.1. The molecule has 0 amide bonds. The lowest BCUT2D eigenvalue weighted by molar-refractivity contribution is -0.137.